The van der Waals surface area contributed by atoms with E-state index in [1.807, 2.05) is 0 Å². The van der Waals surface area contributed by atoms with Crippen LogP contribution in [0.4, 0.5) is 0 Å². The molecule has 1 saturated carbocycles. The van der Waals surface area contributed by atoms with Gasteiger partial charge in [0.15, 0.2) is 0 Å². The molecule has 1 fully saturated rings. The molecule has 0 saturated heterocycles. The van der Waals surface area contributed by atoms with Crippen molar-refractivity contribution in [1.82, 2.24) is 0 Å². The van der Waals surface area contributed by atoms with Crippen molar-refractivity contribution in [3.8, 4) is 0 Å². The fourth-order valence-electron chi connectivity index (χ4n) is 2.36. The summed E-state index contributed by atoms with van der Waals surface area (Å²) in [4.78, 5) is 4.93. The normalized spacial score (nSPS) is 38.6. The van der Waals surface area contributed by atoms with Gasteiger partial charge in [-0.25, -0.2) is 5.90 Å². The third kappa shape index (κ3) is 2.92. The zero-order valence-corrected chi connectivity index (χ0v) is 8.98. The summed E-state index contributed by atoms with van der Waals surface area (Å²) in [6.07, 6.45) is 2.08. The molecule has 0 aliphatic heterocycles. The molecule has 0 aromatic rings. The largest absolute Gasteiger partial charge is 0.394 e. The second-order valence-electron chi connectivity index (χ2n) is 4.29. The average molecular weight is 203 g/mol. The average Bonchev–Trinajstić information content (AvgIpc) is 2.15. The molecular formula is C10H21NO3. The Labute approximate surface area is 85.3 Å². The number of hydrogen-bond acceptors (Lipinski definition) is 4. The first-order valence-electron chi connectivity index (χ1n) is 5.27. The highest BCUT2D eigenvalue weighted by molar-refractivity contribution is 4.84. The fourth-order valence-corrected chi connectivity index (χ4v) is 2.36. The topological polar surface area (TPSA) is 64.7 Å². The van der Waals surface area contributed by atoms with Crippen molar-refractivity contribution in [2.24, 2.45) is 17.7 Å². The van der Waals surface area contributed by atoms with E-state index in [4.69, 9.17) is 20.6 Å². The Morgan fingerprint density at radius 1 is 1.36 bits per heavy atom. The van der Waals surface area contributed by atoms with Gasteiger partial charge in [-0.3, -0.25) is 4.84 Å². The summed E-state index contributed by atoms with van der Waals surface area (Å²) in [5.41, 5.74) is 0. The summed E-state index contributed by atoms with van der Waals surface area (Å²) >= 11 is 0. The van der Waals surface area contributed by atoms with Crippen LogP contribution in [-0.4, -0.2) is 30.5 Å². The van der Waals surface area contributed by atoms with Crippen LogP contribution in [0, 0.1) is 11.8 Å². The summed E-state index contributed by atoms with van der Waals surface area (Å²) in [6, 6.07) is 0. The Hall–Kier alpha value is -0.160. The molecule has 3 N–H and O–H groups in total. The summed E-state index contributed by atoms with van der Waals surface area (Å²) in [5, 5.41) is 8.70. The zero-order chi connectivity index (χ0) is 10.6. The van der Waals surface area contributed by atoms with Crippen molar-refractivity contribution in [3.05, 3.63) is 0 Å². The van der Waals surface area contributed by atoms with Crippen LogP contribution < -0.4 is 5.90 Å². The van der Waals surface area contributed by atoms with Gasteiger partial charge < -0.3 is 9.84 Å². The van der Waals surface area contributed by atoms with E-state index in [1.54, 1.807) is 0 Å². The first kappa shape index (κ1) is 11.9. The smallest absolute Gasteiger partial charge is 0.105 e. The third-order valence-corrected chi connectivity index (χ3v) is 2.91. The summed E-state index contributed by atoms with van der Waals surface area (Å²) < 4.78 is 5.54. The molecule has 0 heterocycles. The lowest BCUT2D eigenvalue weighted by atomic mass is 9.79. The van der Waals surface area contributed by atoms with Gasteiger partial charge in [-0.15, -0.1) is 0 Å². The molecule has 4 nitrogen and oxygen atoms in total. The molecule has 1 aliphatic carbocycles. The van der Waals surface area contributed by atoms with Crippen molar-refractivity contribution < 1.29 is 14.7 Å². The summed E-state index contributed by atoms with van der Waals surface area (Å²) in [5.74, 6) is 6.32. The Morgan fingerprint density at radius 2 is 2.07 bits per heavy atom. The van der Waals surface area contributed by atoms with E-state index in [-0.39, 0.29) is 18.8 Å². The van der Waals surface area contributed by atoms with Gasteiger partial charge in [0, 0.05) is 0 Å². The predicted octanol–water partition coefficient (Wildman–Crippen LogP) is 0.689. The van der Waals surface area contributed by atoms with Gasteiger partial charge in [0.2, 0.25) is 0 Å². The van der Waals surface area contributed by atoms with Crippen molar-refractivity contribution in [1.29, 1.82) is 0 Å². The second-order valence-corrected chi connectivity index (χ2v) is 4.29. The number of aliphatic hydroxyl groups is 1. The molecule has 4 atom stereocenters. The summed E-state index contributed by atoms with van der Waals surface area (Å²) in [7, 11) is 0. The highest BCUT2D eigenvalue weighted by Crippen LogP contribution is 2.32. The van der Waals surface area contributed by atoms with E-state index in [1.165, 1.54) is 0 Å². The molecule has 0 spiro atoms. The standard InChI is InChI=1S/C10H21NO3/c1-7-5-8(2)10(13-4-3-12)9(6-7)14-11/h7-10,12H,3-6,11H2,1-2H3. The van der Waals surface area contributed by atoms with Crippen molar-refractivity contribution in [2.45, 2.75) is 38.9 Å². The molecule has 4 heteroatoms. The van der Waals surface area contributed by atoms with Gasteiger partial charge >= 0.3 is 0 Å². The SMILES string of the molecule is CC1CC(C)C(OCCO)C(ON)C1. The maximum Gasteiger partial charge on any atom is 0.105 e. The number of ether oxygens (including phenoxy) is 1. The predicted molar refractivity (Wildman–Crippen MR) is 53.4 cm³/mol. The lowest BCUT2D eigenvalue weighted by molar-refractivity contribution is -0.129. The first-order chi connectivity index (χ1) is 6.69. The van der Waals surface area contributed by atoms with Crippen LogP contribution in [0.15, 0.2) is 0 Å². The maximum atomic E-state index is 8.70. The first-order valence-corrected chi connectivity index (χ1v) is 5.27. The van der Waals surface area contributed by atoms with Crippen LogP contribution in [0.5, 0.6) is 0 Å². The van der Waals surface area contributed by atoms with Gasteiger partial charge in [-0.1, -0.05) is 13.8 Å². The van der Waals surface area contributed by atoms with Gasteiger partial charge in [0.05, 0.1) is 19.3 Å². The Morgan fingerprint density at radius 3 is 2.64 bits per heavy atom. The zero-order valence-electron chi connectivity index (χ0n) is 8.98. The molecule has 0 aromatic heterocycles. The van der Waals surface area contributed by atoms with Crippen LogP contribution in [-0.2, 0) is 9.57 Å². The minimum atomic E-state index is -0.0275. The number of hydrogen-bond donors (Lipinski definition) is 2. The minimum Gasteiger partial charge on any atom is -0.394 e. The molecule has 1 rings (SSSR count). The lowest BCUT2D eigenvalue weighted by Gasteiger charge is -2.37. The Kier molecular flexibility index (Phi) is 4.81. The molecule has 0 amide bonds. The van der Waals surface area contributed by atoms with Gasteiger partial charge in [-0.05, 0) is 24.7 Å². The van der Waals surface area contributed by atoms with Crippen molar-refractivity contribution in [2.75, 3.05) is 13.2 Å². The summed E-state index contributed by atoms with van der Waals surface area (Å²) in [6.45, 7) is 4.76. The van der Waals surface area contributed by atoms with Crippen LogP contribution in [0.3, 0.4) is 0 Å². The van der Waals surface area contributed by atoms with E-state index < -0.39 is 0 Å². The highest BCUT2D eigenvalue weighted by Gasteiger charge is 2.35. The molecule has 84 valence electrons. The van der Waals surface area contributed by atoms with Gasteiger partial charge in [-0.2, -0.15) is 0 Å². The van der Waals surface area contributed by atoms with E-state index in [0.29, 0.717) is 18.4 Å². The molecule has 0 bridgehead atoms. The third-order valence-electron chi connectivity index (χ3n) is 2.91. The van der Waals surface area contributed by atoms with Crippen LogP contribution in [0.25, 0.3) is 0 Å². The van der Waals surface area contributed by atoms with Crippen LogP contribution in [0.1, 0.15) is 26.7 Å². The molecular weight excluding hydrogens is 182 g/mol. The van der Waals surface area contributed by atoms with Crippen LogP contribution >= 0.6 is 0 Å². The van der Waals surface area contributed by atoms with E-state index in [2.05, 4.69) is 13.8 Å². The second kappa shape index (κ2) is 5.66. The molecule has 0 radical (unpaired) electrons. The maximum absolute atomic E-state index is 8.70. The molecule has 1 aliphatic rings. The number of aliphatic hydroxyl groups excluding tert-OH is 1. The monoisotopic (exact) mass is 203 g/mol. The Bertz CT molecular complexity index is 165. The van der Waals surface area contributed by atoms with E-state index >= 15 is 0 Å². The van der Waals surface area contributed by atoms with Crippen molar-refractivity contribution in [3.63, 3.8) is 0 Å². The fraction of sp³-hybridized carbons (Fsp3) is 1.00. The molecule has 14 heavy (non-hydrogen) atoms. The minimum absolute atomic E-state index is 0.0275. The molecule has 4 unspecified atom stereocenters. The number of rotatable bonds is 4. The Balaban J connectivity index is 2.49. The van der Waals surface area contributed by atoms with E-state index in [9.17, 15) is 0 Å². The van der Waals surface area contributed by atoms with Crippen molar-refractivity contribution >= 4 is 0 Å². The van der Waals surface area contributed by atoms with Gasteiger partial charge in [0.1, 0.15) is 6.10 Å². The number of nitrogens with two attached hydrogens (primary N) is 1. The van der Waals surface area contributed by atoms with Crippen LogP contribution in [0.2, 0.25) is 0 Å². The van der Waals surface area contributed by atoms with Gasteiger partial charge in [0.25, 0.3) is 0 Å². The van der Waals surface area contributed by atoms with E-state index in [0.717, 1.165) is 12.8 Å². The molecule has 0 aromatic carbocycles. The highest BCUT2D eigenvalue weighted by atomic mass is 16.6. The quantitative estimate of drug-likeness (QED) is 0.660. The lowest BCUT2D eigenvalue weighted by Crippen LogP contribution is -2.44.